The lowest BCUT2D eigenvalue weighted by atomic mass is 9.81. The van der Waals surface area contributed by atoms with Crippen molar-refractivity contribution in [3.63, 3.8) is 0 Å². The van der Waals surface area contributed by atoms with Crippen molar-refractivity contribution >= 4 is 75.7 Å². The lowest BCUT2D eigenvalue weighted by Crippen LogP contribution is -2.15. The highest BCUT2D eigenvalue weighted by Gasteiger charge is 2.36. The molecular formula is C65H43N. The summed E-state index contributed by atoms with van der Waals surface area (Å²) in [5.41, 5.74) is 16.2. The van der Waals surface area contributed by atoms with Crippen LogP contribution in [-0.4, -0.2) is 4.57 Å². The van der Waals surface area contributed by atoms with E-state index in [4.69, 9.17) is 0 Å². The minimum Gasteiger partial charge on any atom is -0.309 e. The van der Waals surface area contributed by atoms with Crippen LogP contribution in [0.1, 0.15) is 25.0 Å². The molecule has 1 aromatic heterocycles. The monoisotopic (exact) mass is 837 g/mol. The molecule has 0 atom stereocenters. The predicted molar refractivity (Wildman–Crippen MR) is 282 cm³/mol. The Kier molecular flexibility index (Phi) is 7.81. The third-order valence-electron chi connectivity index (χ3n) is 14.9. The van der Waals surface area contributed by atoms with Crippen LogP contribution in [0.15, 0.2) is 224 Å². The van der Waals surface area contributed by atoms with Gasteiger partial charge < -0.3 is 4.57 Å². The van der Waals surface area contributed by atoms with Crippen LogP contribution in [0.5, 0.6) is 0 Å². The molecule has 0 spiro atoms. The van der Waals surface area contributed by atoms with E-state index in [2.05, 4.69) is 243 Å². The number of hydrogen-bond donors (Lipinski definition) is 0. The number of nitrogens with zero attached hydrogens (tertiary/aromatic N) is 1. The van der Waals surface area contributed by atoms with Crippen molar-refractivity contribution in [1.82, 2.24) is 4.57 Å². The van der Waals surface area contributed by atoms with E-state index >= 15 is 0 Å². The highest BCUT2D eigenvalue weighted by molar-refractivity contribution is 6.18. The minimum absolute atomic E-state index is 0.200. The van der Waals surface area contributed by atoms with Crippen molar-refractivity contribution in [2.75, 3.05) is 0 Å². The lowest BCUT2D eigenvalue weighted by molar-refractivity contribution is 0.660. The highest BCUT2D eigenvalue weighted by atomic mass is 15.0. The molecule has 0 N–H and O–H groups in total. The third-order valence-corrected chi connectivity index (χ3v) is 14.9. The SMILES string of the molecule is CC1(C)c2cc(-c3cccc4ccccc34)ccc2-c2ccc(-n3c4ccc(-c5cc6ccccc6c6ccccc56)cc4c4cc(-c5cc6ccccc6c6ccccc56)ccc43)cc21. The van der Waals surface area contributed by atoms with Gasteiger partial charge in [0.2, 0.25) is 0 Å². The summed E-state index contributed by atoms with van der Waals surface area (Å²) in [6.45, 7) is 4.81. The average molecular weight is 838 g/mol. The van der Waals surface area contributed by atoms with E-state index in [0.29, 0.717) is 0 Å². The van der Waals surface area contributed by atoms with E-state index in [1.165, 1.54) is 137 Å². The highest BCUT2D eigenvalue weighted by Crippen LogP contribution is 2.51. The Morgan fingerprint density at radius 2 is 0.712 bits per heavy atom. The van der Waals surface area contributed by atoms with Crippen LogP contribution < -0.4 is 0 Å². The topological polar surface area (TPSA) is 4.93 Å². The van der Waals surface area contributed by atoms with Crippen molar-refractivity contribution in [3.8, 4) is 50.2 Å². The number of fused-ring (bicyclic) bond motifs is 13. The Morgan fingerprint density at radius 3 is 1.30 bits per heavy atom. The van der Waals surface area contributed by atoms with Gasteiger partial charge >= 0.3 is 0 Å². The first-order valence-electron chi connectivity index (χ1n) is 23.2. The van der Waals surface area contributed by atoms with Gasteiger partial charge in [-0.3, -0.25) is 0 Å². The van der Waals surface area contributed by atoms with E-state index in [9.17, 15) is 0 Å². The molecule has 0 bridgehead atoms. The van der Waals surface area contributed by atoms with Gasteiger partial charge in [0.25, 0.3) is 0 Å². The zero-order valence-electron chi connectivity index (χ0n) is 36.8. The molecule has 0 amide bonds. The van der Waals surface area contributed by atoms with Crippen LogP contribution in [0.4, 0.5) is 0 Å². The maximum Gasteiger partial charge on any atom is 0.0541 e. The lowest BCUT2D eigenvalue weighted by Gasteiger charge is -2.23. The summed E-state index contributed by atoms with van der Waals surface area (Å²) in [6.07, 6.45) is 0. The van der Waals surface area contributed by atoms with Crippen LogP contribution in [0, 0.1) is 0 Å². The van der Waals surface area contributed by atoms with Crippen LogP contribution >= 0.6 is 0 Å². The van der Waals surface area contributed by atoms with Crippen molar-refractivity contribution in [3.05, 3.63) is 236 Å². The van der Waals surface area contributed by atoms with Crippen LogP contribution in [0.2, 0.25) is 0 Å². The Morgan fingerprint density at radius 1 is 0.273 bits per heavy atom. The van der Waals surface area contributed by atoms with Gasteiger partial charge in [0.1, 0.15) is 0 Å². The smallest absolute Gasteiger partial charge is 0.0541 e. The summed E-state index contributed by atoms with van der Waals surface area (Å²) < 4.78 is 2.51. The predicted octanol–water partition coefficient (Wildman–Crippen LogP) is 17.9. The molecule has 0 fully saturated rings. The fraction of sp³-hybridized carbons (Fsp3) is 0.0462. The minimum atomic E-state index is -0.200. The maximum atomic E-state index is 2.51. The Bertz CT molecular complexity index is 4020. The van der Waals surface area contributed by atoms with Crippen molar-refractivity contribution in [2.45, 2.75) is 19.3 Å². The summed E-state index contributed by atoms with van der Waals surface area (Å²) in [5.74, 6) is 0. The molecule has 0 saturated carbocycles. The van der Waals surface area contributed by atoms with E-state index in [-0.39, 0.29) is 5.41 Å². The molecule has 308 valence electrons. The summed E-state index contributed by atoms with van der Waals surface area (Å²) in [7, 11) is 0. The van der Waals surface area contributed by atoms with Crippen LogP contribution in [0.25, 0.3) is 126 Å². The van der Waals surface area contributed by atoms with Crippen molar-refractivity contribution in [2.24, 2.45) is 0 Å². The molecule has 0 radical (unpaired) electrons. The molecule has 1 nitrogen and oxygen atoms in total. The quantitative estimate of drug-likeness (QED) is 0.156. The Balaban J connectivity index is 0.983. The summed E-state index contributed by atoms with van der Waals surface area (Å²) >= 11 is 0. The fourth-order valence-corrected chi connectivity index (χ4v) is 11.7. The molecule has 66 heavy (non-hydrogen) atoms. The third kappa shape index (κ3) is 5.35. The maximum absolute atomic E-state index is 2.51. The van der Waals surface area contributed by atoms with Gasteiger partial charge in [-0.2, -0.15) is 0 Å². The second-order valence-corrected chi connectivity index (χ2v) is 18.8. The van der Waals surface area contributed by atoms with Crippen molar-refractivity contribution < 1.29 is 0 Å². The molecule has 0 unspecified atom stereocenters. The second-order valence-electron chi connectivity index (χ2n) is 18.8. The summed E-state index contributed by atoms with van der Waals surface area (Å²) in [5, 5.41) is 15.2. The summed E-state index contributed by atoms with van der Waals surface area (Å²) in [6, 6.07) is 84.1. The van der Waals surface area contributed by atoms with Crippen LogP contribution in [0.3, 0.4) is 0 Å². The molecule has 0 aliphatic heterocycles. The first-order valence-corrected chi connectivity index (χ1v) is 23.2. The zero-order valence-corrected chi connectivity index (χ0v) is 36.8. The molecule has 1 aliphatic rings. The molecule has 14 rings (SSSR count). The molecule has 0 saturated heterocycles. The van der Waals surface area contributed by atoms with Gasteiger partial charge in [0, 0.05) is 21.9 Å². The van der Waals surface area contributed by atoms with Gasteiger partial charge in [0.15, 0.2) is 0 Å². The second kappa shape index (κ2) is 13.9. The molecule has 13 aromatic rings. The van der Waals surface area contributed by atoms with Gasteiger partial charge in [-0.15, -0.1) is 0 Å². The molecule has 12 aromatic carbocycles. The van der Waals surface area contributed by atoms with E-state index in [1.54, 1.807) is 0 Å². The Hall–Kier alpha value is -8.26. The first kappa shape index (κ1) is 37.1. The number of aromatic nitrogens is 1. The normalized spacial score (nSPS) is 13.1. The molecule has 1 aliphatic carbocycles. The van der Waals surface area contributed by atoms with Crippen molar-refractivity contribution in [1.29, 1.82) is 0 Å². The largest absolute Gasteiger partial charge is 0.309 e. The molecular weight excluding hydrogens is 795 g/mol. The Labute approximate surface area is 383 Å². The van der Waals surface area contributed by atoms with Gasteiger partial charge in [0.05, 0.1) is 11.0 Å². The number of rotatable bonds is 4. The molecule has 1 heterocycles. The fourth-order valence-electron chi connectivity index (χ4n) is 11.7. The number of benzene rings is 12. The standard InChI is InChI=1S/C65H43N/c1-65(2)61-38-45(48-25-13-17-40-14-3-6-18-47(40)48)26-30-55(61)56-31-29-46(39-62(56)65)66-63-32-27-43(57-34-41-15-4-7-19-49(41)51-21-9-11-23-53(51)57)36-59(63)60-37-44(28-33-64(60)66)58-35-42-16-5-8-20-50(42)52-22-10-12-24-54(52)58/h3-39H,1-2H3. The zero-order chi connectivity index (χ0) is 43.7. The molecule has 1 heteroatoms. The van der Waals surface area contributed by atoms with Crippen LogP contribution in [-0.2, 0) is 5.41 Å². The first-order chi connectivity index (χ1) is 32.5. The van der Waals surface area contributed by atoms with Gasteiger partial charge in [-0.25, -0.2) is 0 Å². The number of hydrogen-bond acceptors (Lipinski definition) is 0. The average Bonchev–Trinajstić information content (AvgIpc) is 3.82. The van der Waals surface area contributed by atoms with Gasteiger partial charge in [-0.1, -0.05) is 184 Å². The van der Waals surface area contributed by atoms with Gasteiger partial charge in [-0.05, 0) is 164 Å². The van der Waals surface area contributed by atoms with E-state index < -0.39 is 0 Å². The van der Waals surface area contributed by atoms with E-state index in [0.717, 1.165) is 0 Å². The van der Waals surface area contributed by atoms with E-state index in [1.807, 2.05) is 0 Å². The summed E-state index contributed by atoms with van der Waals surface area (Å²) in [4.78, 5) is 0.